The van der Waals surface area contributed by atoms with Crippen molar-refractivity contribution in [3.63, 3.8) is 0 Å². The van der Waals surface area contributed by atoms with Gasteiger partial charge in [0.05, 0.1) is 0 Å². The Morgan fingerprint density at radius 1 is 0.833 bits per heavy atom. The number of amidine groups is 1. The molecule has 2 rings (SSSR count). The van der Waals surface area contributed by atoms with Crippen LogP contribution in [0.5, 0.6) is 0 Å². The van der Waals surface area contributed by atoms with Crippen molar-refractivity contribution >= 4 is 22.3 Å². The van der Waals surface area contributed by atoms with Crippen LogP contribution in [-0.4, -0.2) is 22.3 Å². The van der Waals surface area contributed by atoms with E-state index >= 15 is 0 Å². The molecule has 30 heavy (non-hydrogen) atoms. The van der Waals surface area contributed by atoms with E-state index in [1.165, 1.54) is 33.4 Å². The first-order chi connectivity index (χ1) is 12.2. The molecule has 0 fully saturated rings. The Labute approximate surface area is 218 Å². The van der Waals surface area contributed by atoms with Gasteiger partial charge in [0, 0.05) is 36.8 Å². The van der Waals surface area contributed by atoms with Gasteiger partial charge in [-0.15, -0.1) is 0 Å². The zero-order valence-corrected chi connectivity index (χ0v) is 27.6. The third-order valence-corrected chi connectivity index (χ3v) is 7.73. The second-order valence-corrected chi connectivity index (χ2v) is 19.5. The van der Waals surface area contributed by atoms with E-state index in [1.807, 2.05) is 0 Å². The first-order valence-corrected chi connectivity index (χ1v) is 17.0. The normalized spacial score (nSPS) is 16.6. The van der Waals surface area contributed by atoms with Crippen LogP contribution in [0.1, 0.15) is 45.7 Å². The molecule has 1 aliphatic rings. The molecule has 0 aromatic heterocycles. The molecule has 0 atom stereocenters. The molecule has 0 aliphatic heterocycles. The van der Waals surface area contributed by atoms with E-state index in [9.17, 15) is 0 Å². The van der Waals surface area contributed by atoms with Gasteiger partial charge in [0.1, 0.15) is 14.1 Å². The van der Waals surface area contributed by atoms with Crippen molar-refractivity contribution in [2.45, 2.75) is 79.3 Å². The Hall–Kier alpha value is 0.0539. The molecule has 0 saturated carbocycles. The van der Waals surface area contributed by atoms with Gasteiger partial charge in [-0.05, 0) is 71.0 Å². The van der Waals surface area contributed by atoms with Crippen molar-refractivity contribution in [2.75, 3.05) is 0 Å². The molecule has 0 amide bonds. The summed E-state index contributed by atoms with van der Waals surface area (Å²) in [6.07, 6.45) is 0. The maximum Gasteiger partial charge on any atom is 0.175 e. The van der Waals surface area contributed by atoms with Crippen LogP contribution in [0.15, 0.2) is 51.2 Å². The third kappa shape index (κ3) is 6.77. The van der Waals surface area contributed by atoms with Crippen LogP contribution in [0.2, 0.25) is 39.3 Å². The molecule has 7 heteroatoms. The summed E-state index contributed by atoms with van der Waals surface area (Å²) in [5.74, 6) is 1.10. The fraction of sp³-hybridized carbons (Fsp3) is 0.522. The Kier molecular flexibility index (Phi) is 12.1. The van der Waals surface area contributed by atoms with Crippen molar-refractivity contribution in [2.24, 2.45) is 4.66 Å². The number of hydrogen-bond acceptors (Lipinski definition) is 1. The maximum atomic E-state index is 5.26. The van der Waals surface area contributed by atoms with E-state index in [-0.39, 0.29) is 56.1 Å². The standard InChI is InChI=1S/C23H38N2Si2.2ClH.Hf/c1-16-17(2)19(4)23(5,18(16)3)21-15-13-12-14-20(21)22(24-26(6,7)8)25-27(9,10)11;;;/h12-15H,1-11H3,(H,24,25);2*1H;/p-2. The molecule has 1 aromatic carbocycles. The molecule has 1 aliphatic carbocycles. The van der Waals surface area contributed by atoms with E-state index < -0.39 is 16.5 Å². The van der Waals surface area contributed by atoms with E-state index in [2.05, 4.69) is 103 Å². The Bertz CT molecular complexity index is 823. The average Bonchev–Trinajstić information content (AvgIpc) is 2.68. The zero-order chi connectivity index (χ0) is 20.8. The van der Waals surface area contributed by atoms with E-state index in [0.717, 1.165) is 5.84 Å². The van der Waals surface area contributed by atoms with E-state index in [4.69, 9.17) is 4.66 Å². The minimum atomic E-state index is -1.63. The topological polar surface area (TPSA) is 24.4 Å². The van der Waals surface area contributed by atoms with Crippen LogP contribution in [0.25, 0.3) is 0 Å². The maximum absolute atomic E-state index is 5.26. The summed E-state index contributed by atoms with van der Waals surface area (Å²) in [6, 6.07) is 8.89. The second kappa shape index (κ2) is 11.3. The quantitative estimate of drug-likeness (QED) is 0.290. The fourth-order valence-corrected chi connectivity index (χ4v) is 5.83. The van der Waals surface area contributed by atoms with Gasteiger partial charge in [0.2, 0.25) is 0 Å². The van der Waals surface area contributed by atoms with Gasteiger partial charge in [-0.2, -0.15) is 0 Å². The monoisotopic (exact) mass is 648 g/mol. The van der Waals surface area contributed by atoms with Crippen LogP contribution >= 0.6 is 0 Å². The number of rotatable bonds is 4. The minimum Gasteiger partial charge on any atom is -1.00 e. The Morgan fingerprint density at radius 2 is 1.27 bits per heavy atom. The van der Waals surface area contributed by atoms with Crippen molar-refractivity contribution in [1.82, 2.24) is 4.98 Å². The molecule has 0 saturated heterocycles. The number of allylic oxidation sites excluding steroid dienone is 4. The summed E-state index contributed by atoms with van der Waals surface area (Å²) in [7, 11) is -3.16. The molecule has 1 aromatic rings. The summed E-state index contributed by atoms with van der Waals surface area (Å²) < 4.78 is 5.26. The van der Waals surface area contributed by atoms with Gasteiger partial charge in [0.25, 0.3) is 0 Å². The molecule has 0 unspecified atom stereocenters. The molecule has 1 N–H and O–H groups in total. The van der Waals surface area contributed by atoms with Crippen LogP contribution in [0.4, 0.5) is 0 Å². The Morgan fingerprint density at radius 3 is 1.67 bits per heavy atom. The number of hydrogen-bond donors (Lipinski definition) is 1. The largest absolute Gasteiger partial charge is 1.00 e. The minimum absolute atomic E-state index is 0. The second-order valence-electron chi connectivity index (χ2n) is 10.2. The number of halogens is 2. The summed E-state index contributed by atoms with van der Waals surface area (Å²) in [6.45, 7) is 25.5. The van der Waals surface area contributed by atoms with Crippen LogP contribution in [0.3, 0.4) is 0 Å². The van der Waals surface area contributed by atoms with Crippen LogP contribution in [0, 0.1) is 0 Å². The predicted octanol–water partition coefficient (Wildman–Crippen LogP) is 0.642. The first kappa shape index (κ1) is 32.2. The zero-order valence-electron chi connectivity index (χ0n) is 20.5. The van der Waals surface area contributed by atoms with Gasteiger partial charge >= 0.3 is 0 Å². The molecular formula is C23H38Cl2HfN2Si2-2. The summed E-state index contributed by atoms with van der Waals surface area (Å²) in [4.78, 5) is 3.85. The smallest absolute Gasteiger partial charge is 0.175 e. The van der Waals surface area contributed by atoms with Crippen molar-refractivity contribution in [1.29, 1.82) is 0 Å². The molecular weight excluding hydrogens is 610 g/mol. The van der Waals surface area contributed by atoms with Crippen molar-refractivity contribution in [3.05, 3.63) is 57.7 Å². The fourth-order valence-electron chi connectivity index (χ4n) is 3.97. The SMILES string of the molecule is CC1=C(C)C(C)(c2ccccc2C(=N[Si](C)(C)C)N[Si](C)(C)C)C(C)=C1C.[Cl-].[Cl-].[Hf]. The number of benzene rings is 1. The van der Waals surface area contributed by atoms with Crippen LogP contribution in [-0.2, 0) is 31.3 Å². The van der Waals surface area contributed by atoms with Crippen molar-refractivity contribution < 1.29 is 50.7 Å². The van der Waals surface area contributed by atoms with Gasteiger partial charge in [-0.1, -0.05) is 55.1 Å². The van der Waals surface area contributed by atoms with E-state index in [1.54, 1.807) is 0 Å². The number of nitrogens with zero attached hydrogens (tertiary/aromatic N) is 1. The molecule has 0 bridgehead atoms. The van der Waals surface area contributed by atoms with Crippen LogP contribution < -0.4 is 29.8 Å². The van der Waals surface area contributed by atoms with Gasteiger partial charge in [0.15, 0.2) is 8.24 Å². The third-order valence-electron chi connectivity index (χ3n) is 5.85. The molecule has 0 spiro atoms. The average molecular weight is 648 g/mol. The Balaban J connectivity index is 0. The molecule has 168 valence electrons. The first-order valence-electron chi connectivity index (χ1n) is 10.0. The predicted molar refractivity (Wildman–Crippen MR) is 127 cm³/mol. The molecule has 2 nitrogen and oxygen atoms in total. The molecule has 0 heterocycles. The number of nitrogens with one attached hydrogen (secondary N) is 1. The summed E-state index contributed by atoms with van der Waals surface area (Å²) in [5, 5.41) is 0. The molecule has 0 radical (unpaired) electrons. The summed E-state index contributed by atoms with van der Waals surface area (Å²) in [5.41, 5.74) is 8.38. The summed E-state index contributed by atoms with van der Waals surface area (Å²) >= 11 is 0. The van der Waals surface area contributed by atoms with Crippen molar-refractivity contribution in [3.8, 4) is 0 Å². The van der Waals surface area contributed by atoms with Gasteiger partial charge in [-0.25, -0.2) is 0 Å². The van der Waals surface area contributed by atoms with Gasteiger partial charge in [-0.3, -0.25) is 0 Å². The van der Waals surface area contributed by atoms with E-state index in [0.29, 0.717) is 0 Å². The van der Waals surface area contributed by atoms with Gasteiger partial charge < -0.3 is 34.5 Å².